The van der Waals surface area contributed by atoms with E-state index in [0.29, 0.717) is 11.6 Å². The van der Waals surface area contributed by atoms with Gasteiger partial charge in [-0.15, -0.1) is 0 Å². The highest BCUT2D eigenvalue weighted by Crippen LogP contribution is 2.45. The highest BCUT2D eigenvalue weighted by Gasteiger charge is 2.46. The summed E-state index contributed by atoms with van der Waals surface area (Å²) in [6.45, 7) is 0.863. The van der Waals surface area contributed by atoms with Crippen molar-refractivity contribution in [2.45, 2.75) is 25.4 Å². The van der Waals surface area contributed by atoms with Crippen molar-refractivity contribution in [3.05, 3.63) is 41.9 Å². The number of nitrogens with zero attached hydrogens (tertiary/aromatic N) is 3. The summed E-state index contributed by atoms with van der Waals surface area (Å²) in [5.41, 5.74) is 8.86. The van der Waals surface area contributed by atoms with Crippen LogP contribution in [0.15, 0.2) is 30.5 Å². The van der Waals surface area contributed by atoms with Crippen LogP contribution in [0.5, 0.6) is 0 Å². The molecule has 5 rings (SSSR count). The Hall–Kier alpha value is -2.14. The highest BCUT2D eigenvalue weighted by atomic mass is 19.1. The first-order valence-corrected chi connectivity index (χ1v) is 8.67. The molecule has 0 radical (unpaired) electrons. The van der Waals surface area contributed by atoms with Crippen LogP contribution in [0.2, 0.25) is 0 Å². The number of allylic oxidation sites excluding steroid dienone is 1. The van der Waals surface area contributed by atoms with Crippen molar-refractivity contribution in [3.63, 3.8) is 0 Å². The van der Waals surface area contributed by atoms with Gasteiger partial charge in [0.25, 0.3) is 0 Å². The van der Waals surface area contributed by atoms with Crippen LogP contribution in [0.25, 0.3) is 10.9 Å². The Bertz CT molecular complexity index is 858. The molecule has 0 bridgehead atoms. The van der Waals surface area contributed by atoms with Crippen molar-refractivity contribution in [2.75, 3.05) is 23.4 Å². The number of fused-ring (bicyclic) bond motifs is 2. The first-order valence-electron chi connectivity index (χ1n) is 8.67. The standard InChI is InChI=1S/C19H21FN4/c1-23-6-2-3-12-7-13-8-15(20)17(9-16(13)22-19(12)23)24-10-14(18(24)21)11-4-5-11/h2,6-9,11,14,18H,3-5,10,21H2,1H3. The summed E-state index contributed by atoms with van der Waals surface area (Å²) < 4.78 is 14.7. The molecule has 4 nitrogen and oxygen atoms in total. The second-order valence-corrected chi connectivity index (χ2v) is 7.31. The Morgan fingerprint density at radius 1 is 1.25 bits per heavy atom. The third-order valence-electron chi connectivity index (χ3n) is 5.68. The second kappa shape index (κ2) is 4.93. The maximum absolute atomic E-state index is 14.7. The van der Waals surface area contributed by atoms with Gasteiger partial charge < -0.3 is 15.5 Å². The maximum atomic E-state index is 14.7. The van der Waals surface area contributed by atoms with Gasteiger partial charge in [-0.2, -0.15) is 0 Å². The molecule has 2 aliphatic heterocycles. The molecule has 1 saturated carbocycles. The van der Waals surface area contributed by atoms with Crippen molar-refractivity contribution >= 4 is 22.4 Å². The van der Waals surface area contributed by atoms with E-state index >= 15 is 0 Å². The van der Waals surface area contributed by atoms with E-state index in [-0.39, 0.29) is 12.0 Å². The van der Waals surface area contributed by atoms with Gasteiger partial charge in [0, 0.05) is 31.1 Å². The minimum absolute atomic E-state index is 0.0623. The predicted octanol–water partition coefficient (Wildman–Crippen LogP) is 3.01. The molecule has 3 heterocycles. The lowest BCUT2D eigenvalue weighted by molar-refractivity contribution is 0.262. The smallest absolute Gasteiger partial charge is 0.147 e. The SMILES string of the molecule is CN1C=CCc2cc3cc(F)c(N4CC(C5CC5)C4N)cc3nc21. The fourth-order valence-corrected chi connectivity index (χ4v) is 4.06. The van der Waals surface area contributed by atoms with Gasteiger partial charge in [-0.3, -0.25) is 0 Å². The van der Waals surface area contributed by atoms with Crippen LogP contribution in [-0.4, -0.2) is 24.7 Å². The van der Waals surface area contributed by atoms with Gasteiger partial charge in [0.1, 0.15) is 11.6 Å². The Morgan fingerprint density at radius 2 is 2.08 bits per heavy atom. The first kappa shape index (κ1) is 14.2. The summed E-state index contributed by atoms with van der Waals surface area (Å²) in [5.74, 6) is 2.03. The maximum Gasteiger partial charge on any atom is 0.147 e. The largest absolute Gasteiger partial charge is 0.353 e. The average Bonchev–Trinajstić information content (AvgIpc) is 3.38. The number of aromatic nitrogens is 1. The average molecular weight is 324 g/mol. The minimum atomic E-state index is -0.200. The third kappa shape index (κ3) is 2.04. The quantitative estimate of drug-likeness (QED) is 0.922. The molecule has 1 aromatic heterocycles. The van der Waals surface area contributed by atoms with Crippen molar-refractivity contribution in [3.8, 4) is 0 Å². The molecule has 0 spiro atoms. The van der Waals surface area contributed by atoms with Gasteiger partial charge in [-0.05, 0) is 48.9 Å². The Balaban J connectivity index is 1.55. The number of hydrogen-bond donors (Lipinski definition) is 1. The van der Waals surface area contributed by atoms with Crippen LogP contribution >= 0.6 is 0 Å². The fourth-order valence-electron chi connectivity index (χ4n) is 4.06. The van der Waals surface area contributed by atoms with E-state index in [4.69, 9.17) is 10.7 Å². The predicted molar refractivity (Wildman–Crippen MR) is 94.5 cm³/mol. The van der Waals surface area contributed by atoms with Crippen molar-refractivity contribution in [1.29, 1.82) is 0 Å². The molecular weight excluding hydrogens is 303 g/mol. The number of benzene rings is 1. The summed E-state index contributed by atoms with van der Waals surface area (Å²) in [6.07, 6.45) is 7.45. The molecule has 2 aromatic rings. The molecule has 124 valence electrons. The number of anilines is 2. The molecule has 1 aliphatic carbocycles. The van der Waals surface area contributed by atoms with Crippen molar-refractivity contribution < 1.29 is 4.39 Å². The summed E-state index contributed by atoms with van der Waals surface area (Å²) in [5, 5.41) is 0.853. The molecular formula is C19H21FN4. The molecule has 0 amide bonds. The second-order valence-electron chi connectivity index (χ2n) is 7.31. The van der Waals surface area contributed by atoms with Crippen LogP contribution in [0.4, 0.5) is 15.9 Å². The van der Waals surface area contributed by atoms with E-state index < -0.39 is 0 Å². The fraction of sp³-hybridized carbons (Fsp3) is 0.421. The van der Waals surface area contributed by atoms with E-state index in [1.165, 1.54) is 12.8 Å². The van der Waals surface area contributed by atoms with E-state index in [9.17, 15) is 4.39 Å². The molecule has 2 atom stereocenters. The number of nitrogens with two attached hydrogens (primary N) is 1. The molecule has 2 N–H and O–H groups in total. The van der Waals surface area contributed by atoms with Crippen molar-refractivity contribution in [1.82, 2.24) is 4.98 Å². The van der Waals surface area contributed by atoms with E-state index in [1.54, 1.807) is 6.07 Å². The molecule has 1 saturated heterocycles. The Kier molecular flexibility index (Phi) is 2.92. The van der Waals surface area contributed by atoms with Crippen LogP contribution in [0, 0.1) is 17.7 Å². The van der Waals surface area contributed by atoms with Crippen LogP contribution in [0.3, 0.4) is 0 Å². The van der Waals surface area contributed by atoms with Gasteiger partial charge in [-0.1, -0.05) is 6.08 Å². The van der Waals surface area contributed by atoms with Gasteiger partial charge in [0.2, 0.25) is 0 Å². The topological polar surface area (TPSA) is 45.4 Å². The van der Waals surface area contributed by atoms with Crippen LogP contribution in [-0.2, 0) is 6.42 Å². The summed E-state index contributed by atoms with van der Waals surface area (Å²) >= 11 is 0. The zero-order valence-corrected chi connectivity index (χ0v) is 13.7. The molecule has 5 heteroatoms. The Morgan fingerprint density at radius 3 is 2.83 bits per heavy atom. The number of pyridine rings is 1. The van der Waals surface area contributed by atoms with Crippen LogP contribution < -0.4 is 15.5 Å². The Labute approximate surface area is 140 Å². The number of hydrogen-bond acceptors (Lipinski definition) is 4. The molecule has 3 aliphatic rings. The lowest BCUT2D eigenvalue weighted by Gasteiger charge is -2.48. The summed E-state index contributed by atoms with van der Waals surface area (Å²) in [7, 11) is 1.99. The third-order valence-corrected chi connectivity index (χ3v) is 5.68. The molecule has 24 heavy (non-hydrogen) atoms. The van der Waals surface area contributed by atoms with Crippen LogP contribution in [0.1, 0.15) is 18.4 Å². The summed E-state index contributed by atoms with van der Waals surface area (Å²) in [4.78, 5) is 8.77. The molecule has 2 fully saturated rings. The zero-order valence-electron chi connectivity index (χ0n) is 13.7. The molecule has 2 unspecified atom stereocenters. The normalized spacial score (nSPS) is 25.8. The lowest BCUT2D eigenvalue weighted by atomic mass is 9.89. The monoisotopic (exact) mass is 324 g/mol. The number of halogens is 1. The first-order chi connectivity index (χ1) is 11.6. The lowest BCUT2D eigenvalue weighted by Crippen LogP contribution is -2.62. The molecule has 1 aromatic carbocycles. The highest BCUT2D eigenvalue weighted by molar-refractivity contribution is 5.86. The van der Waals surface area contributed by atoms with Gasteiger partial charge in [-0.25, -0.2) is 9.37 Å². The van der Waals surface area contributed by atoms with Gasteiger partial charge >= 0.3 is 0 Å². The van der Waals surface area contributed by atoms with E-state index in [0.717, 1.165) is 41.2 Å². The van der Waals surface area contributed by atoms with Gasteiger partial charge in [0.15, 0.2) is 0 Å². The van der Waals surface area contributed by atoms with E-state index in [2.05, 4.69) is 6.08 Å². The zero-order chi connectivity index (χ0) is 16.4. The minimum Gasteiger partial charge on any atom is -0.353 e. The van der Waals surface area contributed by atoms with Gasteiger partial charge in [0.05, 0.1) is 17.4 Å². The van der Waals surface area contributed by atoms with Crippen molar-refractivity contribution in [2.24, 2.45) is 17.6 Å². The summed E-state index contributed by atoms with van der Waals surface area (Å²) in [6, 6.07) is 5.51. The number of rotatable bonds is 2. The van der Waals surface area contributed by atoms with E-state index in [1.807, 2.05) is 35.2 Å².